The maximum Gasteiger partial charge on any atom is 0.220 e. The first kappa shape index (κ1) is 70.8. The number of ether oxygens (including phenoxy) is 6. The summed E-state index contributed by atoms with van der Waals surface area (Å²) in [5.41, 5.74) is 0. The van der Waals surface area contributed by atoms with Crippen LogP contribution in [0.5, 0.6) is 0 Å². The lowest BCUT2D eigenvalue weighted by atomic mass is 9.96. The Labute approximate surface area is 467 Å². The van der Waals surface area contributed by atoms with Crippen LogP contribution in [0.25, 0.3) is 0 Å². The minimum atomic E-state index is -1.97. The van der Waals surface area contributed by atoms with Crippen LogP contribution in [0.4, 0.5) is 0 Å². The van der Waals surface area contributed by atoms with Crippen molar-refractivity contribution in [3.8, 4) is 0 Å². The highest BCUT2D eigenvalue weighted by Crippen LogP contribution is 2.33. The van der Waals surface area contributed by atoms with E-state index in [4.69, 9.17) is 28.4 Å². The van der Waals surface area contributed by atoms with Gasteiger partial charge in [-0.2, -0.15) is 0 Å². The first-order valence-electron chi connectivity index (χ1n) is 30.9. The Balaban J connectivity index is 1.43. The minimum absolute atomic E-state index is 0.249. The number of rotatable bonds is 46. The number of unbranched alkanes of at least 4 members (excludes halogenated alkanes) is 30. The molecule has 0 aromatic carbocycles. The molecule has 19 heteroatoms. The third-order valence-electron chi connectivity index (χ3n) is 15.8. The molecule has 0 aliphatic carbocycles. The number of carbonyl (C=O) groups is 1. The van der Waals surface area contributed by atoms with Gasteiger partial charge in [0.15, 0.2) is 18.9 Å². The van der Waals surface area contributed by atoms with Crippen molar-refractivity contribution >= 4 is 5.91 Å². The molecule has 0 aromatic heterocycles. The summed E-state index contributed by atoms with van der Waals surface area (Å²) < 4.78 is 34.2. The summed E-state index contributed by atoms with van der Waals surface area (Å²) in [5, 5.41) is 120. The molecule has 0 bridgehead atoms. The molecule has 12 N–H and O–H groups in total. The average molecular weight is 1120 g/mol. The SMILES string of the molecule is CCCCCCCCCC/C=C/C(O)C(COC1OC(CO)C(OC2OC(CO)C(OC3OC(CO)C(O)C(O)C3O)C(O)C2O)C(O)C1O)NC(=O)CCCCCCCCCCCCCCCCCCCCCCCCC. The van der Waals surface area contributed by atoms with Crippen LogP contribution in [0, 0.1) is 0 Å². The molecule has 0 radical (unpaired) electrons. The molecule has 3 aliphatic rings. The number of amides is 1. The Kier molecular flexibility index (Phi) is 39.2. The molecule has 17 unspecified atom stereocenters. The number of carbonyl (C=O) groups excluding carboxylic acids is 1. The zero-order chi connectivity index (χ0) is 56.9. The Morgan fingerprint density at radius 3 is 1.21 bits per heavy atom. The normalized spacial score (nSPS) is 30.5. The van der Waals surface area contributed by atoms with Crippen molar-refractivity contribution in [2.24, 2.45) is 0 Å². The molecule has 78 heavy (non-hydrogen) atoms. The topological polar surface area (TPSA) is 307 Å². The van der Waals surface area contributed by atoms with Crippen LogP contribution >= 0.6 is 0 Å². The third-order valence-corrected chi connectivity index (χ3v) is 15.8. The minimum Gasteiger partial charge on any atom is -0.394 e. The molecule has 3 saturated heterocycles. The average Bonchev–Trinajstić information content (AvgIpc) is 3.47. The van der Waals surface area contributed by atoms with Gasteiger partial charge >= 0.3 is 0 Å². The van der Waals surface area contributed by atoms with E-state index in [9.17, 15) is 61.0 Å². The van der Waals surface area contributed by atoms with Crippen LogP contribution < -0.4 is 5.32 Å². The molecule has 1 amide bonds. The van der Waals surface area contributed by atoms with Gasteiger partial charge in [0, 0.05) is 6.42 Å². The number of hydrogen-bond donors (Lipinski definition) is 12. The lowest BCUT2D eigenvalue weighted by molar-refractivity contribution is -0.379. The summed E-state index contributed by atoms with van der Waals surface area (Å²) in [6.07, 6.45) is 16.4. The van der Waals surface area contributed by atoms with Gasteiger partial charge in [0.2, 0.25) is 5.91 Å². The van der Waals surface area contributed by atoms with E-state index in [0.29, 0.717) is 6.42 Å². The van der Waals surface area contributed by atoms with E-state index in [-0.39, 0.29) is 18.9 Å². The van der Waals surface area contributed by atoms with Gasteiger partial charge in [-0.3, -0.25) is 4.79 Å². The van der Waals surface area contributed by atoms with Crippen molar-refractivity contribution < 1.29 is 89.4 Å². The van der Waals surface area contributed by atoms with Gasteiger partial charge in [0.05, 0.1) is 38.6 Å². The zero-order valence-electron chi connectivity index (χ0n) is 47.9. The van der Waals surface area contributed by atoms with Crippen LogP contribution in [-0.2, 0) is 33.2 Å². The van der Waals surface area contributed by atoms with Crippen LogP contribution in [0.15, 0.2) is 12.2 Å². The molecule has 0 aromatic rings. The standard InChI is InChI=1S/C59H111NO18/c1-3-5-7-9-11-13-15-16-17-18-19-20-21-22-23-24-25-26-27-29-31-33-35-37-47(65)60-42(43(64)36-34-32-30-28-14-12-10-8-6-4-2)41-73-57-53(71)50(68)55(45(39-62)75-57)78-59-54(72)51(69)56(46(40-63)76-59)77-58-52(70)49(67)48(66)44(38-61)74-58/h34,36,42-46,48-59,61-64,66-72H,3-33,35,37-41H2,1-2H3,(H,60,65)/b36-34+. The second kappa shape index (κ2) is 43.2. The van der Waals surface area contributed by atoms with Crippen molar-refractivity contribution in [1.29, 1.82) is 0 Å². The Bertz CT molecular complexity index is 1480. The van der Waals surface area contributed by atoms with Crippen molar-refractivity contribution in [3.05, 3.63) is 12.2 Å². The summed E-state index contributed by atoms with van der Waals surface area (Å²) in [7, 11) is 0. The number of allylic oxidation sites excluding steroid dienone is 1. The van der Waals surface area contributed by atoms with Crippen LogP contribution in [0.3, 0.4) is 0 Å². The monoisotopic (exact) mass is 1120 g/mol. The smallest absolute Gasteiger partial charge is 0.220 e. The van der Waals surface area contributed by atoms with Crippen molar-refractivity contribution in [2.75, 3.05) is 26.4 Å². The van der Waals surface area contributed by atoms with E-state index >= 15 is 0 Å². The summed E-state index contributed by atoms with van der Waals surface area (Å²) in [5.74, 6) is -0.273. The largest absolute Gasteiger partial charge is 0.394 e. The van der Waals surface area contributed by atoms with Gasteiger partial charge in [0.1, 0.15) is 73.2 Å². The summed E-state index contributed by atoms with van der Waals surface area (Å²) in [6.45, 7) is 1.71. The third kappa shape index (κ3) is 26.8. The number of nitrogens with one attached hydrogen (secondary N) is 1. The maximum atomic E-state index is 13.3. The summed E-state index contributed by atoms with van der Waals surface area (Å²) in [4.78, 5) is 13.3. The maximum absolute atomic E-state index is 13.3. The first-order valence-corrected chi connectivity index (χ1v) is 30.9. The molecular weight excluding hydrogens is 1010 g/mol. The molecule has 3 fully saturated rings. The molecule has 19 nitrogen and oxygen atoms in total. The summed E-state index contributed by atoms with van der Waals surface area (Å²) >= 11 is 0. The van der Waals surface area contributed by atoms with Gasteiger partial charge < -0.3 is 89.9 Å². The van der Waals surface area contributed by atoms with E-state index in [1.807, 2.05) is 6.08 Å². The van der Waals surface area contributed by atoms with E-state index in [0.717, 1.165) is 44.9 Å². The lowest BCUT2D eigenvalue weighted by Gasteiger charge is -2.48. The molecule has 3 rings (SSSR count). The highest BCUT2D eigenvalue weighted by atomic mass is 16.8. The fourth-order valence-electron chi connectivity index (χ4n) is 10.7. The highest BCUT2D eigenvalue weighted by molar-refractivity contribution is 5.76. The highest BCUT2D eigenvalue weighted by Gasteiger charge is 2.53. The zero-order valence-corrected chi connectivity index (χ0v) is 47.9. The predicted octanol–water partition coefficient (Wildman–Crippen LogP) is 5.77. The predicted molar refractivity (Wildman–Crippen MR) is 296 cm³/mol. The lowest BCUT2D eigenvalue weighted by Crippen LogP contribution is -2.66. The van der Waals surface area contributed by atoms with Gasteiger partial charge in [-0.1, -0.05) is 212 Å². The Morgan fingerprint density at radius 2 is 0.795 bits per heavy atom. The van der Waals surface area contributed by atoms with E-state index < -0.39 is 124 Å². The molecule has 0 spiro atoms. The van der Waals surface area contributed by atoms with Gasteiger partial charge in [0.25, 0.3) is 0 Å². The van der Waals surface area contributed by atoms with Crippen molar-refractivity contribution in [3.63, 3.8) is 0 Å². The summed E-state index contributed by atoms with van der Waals surface area (Å²) in [6, 6.07) is -0.966. The molecule has 3 aliphatic heterocycles. The molecular formula is C59H111NO18. The Morgan fingerprint density at radius 1 is 0.449 bits per heavy atom. The van der Waals surface area contributed by atoms with Gasteiger partial charge in [-0.25, -0.2) is 0 Å². The van der Waals surface area contributed by atoms with Crippen molar-refractivity contribution in [2.45, 2.75) is 330 Å². The Hall–Kier alpha value is -1.47. The fourth-order valence-corrected chi connectivity index (χ4v) is 10.7. The quantitative estimate of drug-likeness (QED) is 0.0254. The van der Waals surface area contributed by atoms with E-state index in [2.05, 4.69) is 19.2 Å². The fraction of sp³-hybridized carbons (Fsp3) is 0.949. The number of hydrogen-bond acceptors (Lipinski definition) is 18. The number of aliphatic hydroxyl groups excluding tert-OH is 11. The molecule has 17 atom stereocenters. The van der Waals surface area contributed by atoms with E-state index in [1.165, 1.54) is 154 Å². The number of aliphatic hydroxyl groups is 11. The van der Waals surface area contributed by atoms with Crippen molar-refractivity contribution in [1.82, 2.24) is 5.32 Å². The van der Waals surface area contributed by atoms with Gasteiger partial charge in [-0.05, 0) is 19.3 Å². The van der Waals surface area contributed by atoms with Crippen LogP contribution in [0.1, 0.15) is 226 Å². The van der Waals surface area contributed by atoms with Crippen LogP contribution in [0.2, 0.25) is 0 Å². The molecule has 0 saturated carbocycles. The second-order valence-electron chi connectivity index (χ2n) is 22.5. The molecule has 460 valence electrons. The second-order valence-corrected chi connectivity index (χ2v) is 22.5. The first-order chi connectivity index (χ1) is 37.8. The van der Waals surface area contributed by atoms with E-state index in [1.54, 1.807) is 6.08 Å². The van der Waals surface area contributed by atoms with Crippen LogP contribution in [-0.4, -0.2) is 193 Å². The molecule has 3 heterocycles. The van der Waals surface area contributed by atoms with Gasteiger partial charge in [-0.15, -0.1) is 0 Å².